The number of carbonyl (C=O) groups is 2. The summed E-state index contributed by atoms with van der Waals surface area (Å²) in [5.41, 5.74) is 2.57. The Morgan fingerprint density at radius 2 is 1.86 bits per heavy atom. The Morgan fingerprint density at radius 1 is 1.19 bits per heavy atom. The van der Waals surface area contributed by atoms with E-state index in [0.717, 1.165) is 19.3 Å². The second kappa shape index (κ2) is 7.25. The molecule has 0 radical (unpaired) electrons. The Balaban J connectivity index is 1.56. The van der Waals surface area contributed by atoms with Gasteiger partial charge in [-0.05, 0) is 44.6 Å². The van der Waals surface area contributed by atoms with Crippen LogP contribution in [-0.2, 0) is 16.0 Å². The summed E-state index contributed by atoms with van der Waals surface area (Å²) in [6.45, 7) is 2.07. The van der Waals surface area contributed by atoms with Crippen molar-refractivity contribution in [1.29, 1.82) is 0 Å². The molecule has 4 nitrogen and oxygen atoms in total. The predicted molar refractivity (Wildman–Crippen MR) is 81.0 cm³/mol. The van der Waals surface area contributed by atoms with Crippen molar-refractivity contribution < 1.29 is 14.7 Å². The fourth-order valence-corrected chi connectivity index (χ4v) is 2.61. The van der Waals surface area contributed by atoms with Gasteiger partial charge in [0.1, 0.15) is 0 Å². The van der Waals surface area contributed by atoms with E-state index >= 15 is 0 Å². The summed E-state index contributed by atoms with van der Waals surface area (Å²) in [4.78, 5) is 22.4. The molecule has 0 aromatic heterocycles. The highest BCUT2D eigenvalue weighted by molar-refractivity contribution is 5.77. The molecule has 1 aromatic carbocycles. The SMILES string of the molecule is Cc1ccc(CCCCC(=O)NC2CC(C(=O)O)C2)cc1. The molecule has 0 saturated heterocycles. The van der Waals surface area contributed by atoms with Gasteiger partial charge in [-0.15, -0.1) is 0 Å². The molecule has 1 aliphatic rings. The molecular weight excluding hydrogens is 266 g/mol. The third kappa shape index (κ3) is 4.88. The number of rotatable bonds is 7. The maximum absolute atomic E-state index is 11.7. The third-order valence-electron chi connectivity index (χ3n) is 4.09. The first-order valence-electron chi connectivity index (χ1n) is 7.62. The van der Waals surface area contributed by atoms with Crippen molar-refractivity contribution in [1.82, 2.24) is 5.32 Å². The first-order valence-corrected chi connectivity index (χ1v) is 7.62. The molecule has 114 valence electrons. The molecule has 1 amide bonds. The second-order valence-corrected chi connectivity index (χ2v) is 5.96. The number of hydrogen-bond acceptors (Lipinski definition) is 2. The summed E-state index contributed by atoms with van der Waals surface area (Å²) < 4.78 is 0. The molecule has 2 N–H and O–H groups in total. The van der Waals surface area contributed by atoms with Gasteiger partial charge in [0.15, 0.2) is 0 Å². The summed E-state index contributed by atoms with van der Waals surface area (Å²) >= 11 is 0. The van der Waals surface area contributed by atoms with Gasteiger partial charge in [-0.3, -0.25) is 9.59 Å². The molecule has 0 atom stereocenters. The number of carboxylic acid groups (broad SMARTS) is 1. The van der Waals surface area contributed by atoms with Gasteiger partial charge in [0.05, 0.1) is 5.92 Å². The first kappa shape index (κ1) is 15.5. The highest BCUT2D eigenvalue weighted by atomic mass is 16.4. The molecular formula is C17H23NO3. The predicted octanol–water partition coefficient (Wildman–Crippen LogP) is 2.69. The van der Waals surface area contributed by atoms with Gasteiger partial charge in [-0.1, -0.05) is 29.8 Å². The zero-order valence-corrected chi connectivity index (χ0v) is 12.5. The number of carbonyl (C=O) groups excluding carboxylic acids is 1. The largest absolute Gasteiger partial charge is 0.481 e. The first-order chi connectivity index (χ1) is 10.0. The van der Waals surface area contributed by atoms with Crippen LogP contribution in [0.25, 0.3) is 0 Å². The van der Waals surface area contributed by atoms with Gasteiger partial charge >= 0.3 is 5.97 Å². The molecule has 0 unspecified atom stereocenters. The molecule has 0 bridgehead atoms. The topological polar surface area (TPSA) is 66.4 Å². The quantitative estimate of drug-likeness (QED) is 0.758. The Kier molecular flexibility index (Phi) is 5.37. The van der Waals surface area contributed by atoms with Crippen molar-refractivity contribution in [3.8, 4) is 0 Å². The molecule has 1 aliphatic carbocycles. The second-order valence-electron chi connectivity index (χ2n) is 5.96. The number of nitrogens with one attached hydrogen (secondary N) is 1. The van der Waals surface area contributed by atoms with Gasteiger partial charge < -0.3 is 10.4 Å². The summed E-state index contributed by atoms with van der Waals surface area (Å²) in [5, 5.41) is 11.7. The fourth-order valence-electron chi connectivity index (χ4n) is 2.61. The Bertz CT molecular complexity index is 489. The average Bonchev–Trinajstić information content (AvgIpc) is 2.40. The highest BCUT2D eigenvalue weighted by Crippen LogP contribution is 2.27. The Morgan fingerprint density at radius 3 is 2.48 bits per heavy atom. The Hall–Kier alpha value is -1.84. The summed E-state index contributed by atoms with van der Waals surface area (Å²) in [6, 6.07) is 8.55. The lowest BCUT2D eigenvalue weighted by Gasteiger charge is -2.32. The number of carboxylic acids is 1. The zero-order valence-electron chi connectivity index (χ0n) is 12.5. The van der Waals surface area contributed by atoms with Crippen LogP contribution < -0.4 is 5.32 Å². The molecule has 0 heterocycles. The van der Waals surface area contributed by atoms with E-state index in [2.05, 4.69) is 36.5 Å². The lowest BCUT2D eigenvalue weighted by atomic mass is 9.80. The van der Waals surface area contributed by atoms with Crippen LogP contribution in [0.2, 0.25) is 0 Å². The maximum atomic E-state index is 11.7. The van der Waals surface area contributed by atoms with Crippen LogP contribution in [0.1, 0.15) is 43.2 Å². The van der Waals surface area contributed by atoms with E-state index < -0.39 is 5.97 Å². The lowest BCUT2D eigenvalue weighted by molar-refractivity contribution is -0.146. The van der Waals surface area contributed by atoms with Gasteiger partial charge in [0.25, 0.3) is 0 Å². The fraction of sp³-hybridized carbons (Fsp3) is 0.529. The summed E-state index contributed by atoms with van der Waals surface area (Å²) in [6.07, 6.45) is 4.54. The number of aliphatic carboxylic acids is 1. The van der Waals surface area contributed by atoms with Crippen molar-refractivity contribution in [3.05, 3.63) is 35.4 Å². The number of unbranched alkanes of at least 4 members (excludes halogenated alkanes) is 1. The highest BCUT2D eigenvalue weighted by Gasteiger charge is 2.34. The molecule has 2 rings (SSSR count). The lowest BCUT2D eigenvalue weighted by Crippen LogP contribution is -2.46. The van der Waals surface area contributed by atoms with E-state index in [9.17, 15) is 9.59 Å². The van der Waals surface area contributed by atoms with Crippen LogP contribution in [-0.4, -0.2) is 23.0 Å². The van der Waals surface area contributed by atoms with Gasteiger partial charge in [-0.2, -0.15) is 0 Å². The van der Waals surface area contributed by atoms with Gasteiger partial charge in [-0.25, -0.2) is 0 Å². The van der Waals surface area contributed by atoms with Crippen LogP contribution in [0.4, 0.5) is 0 Å². The smallest absolute Gasteiger partial charge is 0.306 e. The minimum atomic E-state index is -0.751. The monoisotopic (exact) mass is 289 g/mol. The summed E-state index contributed by atoms with van der Waals surface area (Å²) in [7, 11) is 0. The molecule has 1 aromatic rings. The standard InChI is InChI=1S/C17H23NO3/c1-12-6-8-13(9-7-12)4-2-3-5-16(19)18-15-10-14(11-15)17(20)21/h6-9,14-15H,2-5,10-11H2,1H3,(H,18,19)(H,20,21). The average molecular weight is 289 g/mol. The van der Waals surface area contributed by atoms with E-state index in [1.54, 1.807) is 0 Å². The van der Waals surface area contributed by atoms with Crippen molar-refractivity contribution in [2.45, 2.75) is 51.5 Å². The van der Waals surface area contributed by atoms with Crippen LogP contribution in [0.5, 0.6) is 0 Å². The molecule has 0 aliphatic heterocycles. The van der Waals surface area contributed by atoms with E-state index in [-0.39, 0.29) is 17.9 Å². The molecule has 21 heavy (non-hydrogen) atoms. The van der Waals surface area contributed by atoms with E-state index in [1.807, 2.05) is 0 Å². The maximum Gasteiger partial charge on any atom is 0.306 e. The van der Waals surface area contributed by atoms with Crippen molar-refractivity contribution in [3.63, 3.8) is 0 Å². The van der Waals surface area contributed by atoms with Crippen molar-refractivity contribution in [2.75, 3.05) is 0 Å². The van der Waals surface area contributed by atoms with Crippen molar-refractivity contribution >= 4 is 11.9 Å². The van der Waals surface area contributed by atoms with E-state index in [1.165, 1.54) is 11.1 Å². The van der Waals surface area contributed by atoms with E-state index in [0.29, 0.717) is 19.3 Å². The van der Waals surface area contributed by atoms with Crippen LogP contribution in [0, 0.1) is 12.8 Å². The van der Waals surface area contributed by atoms with Crippen molar-refractivity contribution in [2.24, 2.45) is 5.92 Å². The molecule has 4 heteroatoms. The molecule has 1 saturated carbocycles. The van der Waals surface area contributed by atoms with Crippen LogP contribution in [0.3, 0.4) is 0 Å². The van der Waals surface area contributed by atoms with Crippen LogP contribution in [0.15, 0.2) is 24.3 Å². The normalized spacial score (nSPS) is 20.6. The third-order valence-corrected chi connectivity index (χ3v) is 4.09. The van der Waals surface area contributed by atoms with Gasteiger partial charge in [0, 0.05) is 12.5 Å². The zero-order chi connectivity index (χ0) is 15.2. The molecule has 1 fully saturated rings. The number of aryl methyl sites for hydroxylation is 2. The number of amides is 1. The summed E-state index contributed by atoms with van der Waals surface area (Å²) in [5.74, 6) is -0.969. The molecule has 0 spiro atoms. The van der Waals surface area contributed by atoms with E-state index in [4.69, 9.17) is 5.11 Å². The number of hydrogen-bond donors (Lipinski definition) is 2. The minimum absolute atomic E-state index is 0.0488. The number of benzene rings is 1. The van der Waals surface area contributed by atoms with Gasteiger partial charge in [0.2, 0.25) is 5.91 Å². The Labute approximate surface area is 125 Å². The minimum Gasteiger partial charge on any atom is -0.481 e. The van der Waals surface area contributed by atoms with Crippen LogP contribution >= 0.6 is 0 Å².